The lowest BCUT2D eigenvalue weighted by molar-refractivity contribution is -0.0641. The van der Waals surface area contributed by atoms with Crippen LogP contribution >= 0.6 is 15.9 Å². The minimum atomic E-state index is -4.19. The molecule has 1 heterocycles. The lowest BCUT2D eigenvalue weighted by Gasteiger charge is -2.27. The average molecular weight is 496 g/mol. The summed E-state index contributed by atoms with van der Waals surface area (Å²) in [6, 6.07) is 7.58. The Bertz CT molecular complexity index is 1180. The lowest BCUT2D eigenvalue weighted by Crippen LogP contribution is -2.48. The van der Waals surface area contributed by atoms with E-state index in [1.54, 1.807) is 0 Å². The van der Waals surface area contributed by atoms with Crippen molar-refractivity contribution in [2.75, 3.05) is 19.7 Å². The summed E-state index contributed by atoms with van der Waals surface area (Å²) in [5.74, 6) is -0.851. The van der Waals surface area contributed by atoms with Crippen molar-refractivity contribution >= 4 is 37.3 Å². The molecule has 1 aliphatic rings. The zero-order valence-corrected chi connectivity index (χ0v) is 17.7. The van der Waals surface area contributed by atoms with Crippen LogP contribution in [0.1, 0.15) is 0 Å². The Morgan fingerprint density at radius 1 is 1.23 bits per heavy atom. The second kappa shape index (κ2) is 8.30. The third-order valence-corrected chi connectivity index (χ3v) is 7.02. The number of halogens is 2. The average Bonchev–Trinajstić information content (AvgIpc) is 3.05. The lowest BCUT2D eigenvalue weighted by atomic mass is 10.0. The van der Waals surface area contributed by atoms with Gasteiger partial charge in [-0.05, 0) is 24.3 Å². The number of β-amino-alcohol motifs (C(OH)–C–C–N with tert-alkyl or cyclic N) is 1. The van der Waals surface area contributed by atoms with E-state index < -0.39 is 40.7 Å². The maximum Gasteiger partial charge on any atom is 0.233 e. The molecule has 0 unspecified atom stereocenters. The standard InChI is InChI=1S/C19H15BrFN3O5S/c1-22-15-5-4-13(8-14(15)21)29-18-9-24(10-19(18,26)11-25)30(27,28)17-6-3-12(20)7-16(17)23-2/h3-8,18,25-26H,9-11H2/t18-,19+/m0/s1. The van der Waals surface area contributed by atoms with Gasteiger partial charge in [-0.25, -0.2) is 22.5 Å². The number of aliphatic hydroxyl groups excluding tert-OH is 1. The van der Waals surface area contributed by atoms with Gasteiger partial charge in [-0.3, -0.25) is 0 Å². The predicted octanol–water partition coefficient (Wildman–Crippen LogP) is 2.87. The molecular formula is C19H15BrFN3O5S. The van der Waals surface area contributed by atoms with Crippen LogP contribution in [-0.2, 0) is 10.0 Å². The van der Waals surface area contributed by atoms with E-state index in [0.717, 1.165) is 10.4 Å². The van der Waals surface area contributed by atoms with Crippen LogP contribution in [-0.4, -0.2) is 54.3 Å². The minimum Gasteiger partial charge on any atom is -0.486 e. The van der Waals surface area contributed by atoms with E-state index in [1.165, 1.54) is 30.3 Å². The summed E-state index contributed by atoms with van der Waals surface area (Å²) in [7, 11) is -4.19. The second-order valence-corrected chi connectivity index (χ2v) is 9.44. The van der Waals surface area contributed by atoms with Gasteiger partial charge in [0, 0.05) is 17.1 Å². The SMILES string of the molecule is [C-]#[N+]c1ccc(O[C@H]2CN(S(=O)(=O)c3ccc(Br)cc3[N+]#[C-])C[C@@]2(O)CO)cc1F. The molecule has 1 saturated heterocycles. The van der Waals surface area contributed by atoms with Gasteiger partial charge in [-0.1, -0.05) is 22.0 Å². The van der Waals surface area contributed by atoms with Gasteiger partial charge >= 0.3 is 0 Å². The van der Waals surface area contributed by atoms with Gasteiger partial charge in [0.25, 0.3) is 0 Å². The smallest absolute Gasteiger partial charge is 0.233 e. The van der Waals surface area contributed by atoms with Crippen LogP contribution < -0.4 is 4.74 Å². The topological polar surface area (TPSA) is 95.8 Å². The normalized spacial score (nSPS) is 21.7. The molecule has 2 aromatic rings. The van der Waals surface area contributed by atoms with Crippen LogP contribution in [0.2, 0.25) is 0 Å². The molecule has 0 saturated carbocycles. The molecular weight excluding hydrogens is 481 g/mol. The van der Waals surface area contributed by atoms with Gasteiger partial charge in [0.15, 0.2) is 0 Å². The van der Waals surface area contributed by atoms with E-state index >= 15 is 0 Å². The number of hydrogen-bond donors (Lipinski definition) is 2. The van der Waals surface area contributed by atoms with Crippen LogP contribution in [0.25, 0.3) is 9.69 Å². The zero-order chi connectivity index (χ0) is 22.1. The number of rotatable bonds is 5. The zero-order valence-electron chi connectivity index (χ0n) is 15.3. The minimum absolute atomic E-state index is 0.0264. The molecule has 0 bridgehead atoms. The Morgan fingerprint density at radius 3 is 2.53 bits per heavy atom. The van der Waals surface area contributed by atoms with Crippen LogP contribution in [0.15, 0.2) is 45.8 Å². The molecule has 0 radical (unpaired) electrons. The van der Waals surface area contributed by atoms with Gasteiger partial charge in [0.1, 0.15) is 23.3 Å². The highest BCUT2D eigenvalue weighted by atomic mass is 79.9. The van der Waals surface area contributed by atoms with Crippen molar-refractivity contribution in [3.8, 4) is 5.75 Å². The largest absolute Gasteiger partial charge is 0.486 e. The molecule has 156 valence electrons. The van der Waals surface area contributed by atoms with E-state index in [1.807, 2.05) is 0 Å². The summed E-state index contributed by atoms with van der Waals surface area (Å²) < 4.78 is 47.1. The first-order chi connectivity index (χ1) is 14.1. The van der Waals surface area contributed by atoms with Crippen molar-refractivity contribution in [3.05, 3.63) is 69.5 Å². The van der Waals surface area contributed by atoms with Crippen molar-refractivity contribution in [2.45, 2.75) is 16.6 Å². The van der Waals surface area contributed by atoms with Crippen molar-refractivity contribution in [3.63, 3.8) is 0 Å². The van der Waals surface area contributed by atoms with E-state index in [9.17, 15) is 23.0 Å². The molecule has 0 spiro atoms. The van der Waals surface area contributed by atoms with Gasteiger partial charge in [-0.15, -0.1) is 0 Å². The molecule has 3 rings (SSSR count). The molecule has 2 N–H and O–H groups in total. The fraction of sp³-hybridized carbons (Fsp3) is 0.263. The molecule has 0 aromatic heterocycles. The Balaban J connectivity index is 1.92. The molecule has 30 heavy (non-hydrogen) atoms. The van der Waals surface area contributed by atoms with E-state index in [2.05, 4.69) is 25.6 Å². The van der Waals surface area contributed by atoms with E-state index in [0.29, 0.717) is 4.47 Å². The van der Waals surface area contributed by atoms with Crippen molar-refractivity contribution < 1.29 is 27.8 Å². The summed E-state index contributed by atoms with van der Waals surface area (Å²) in [5.41, 5.74) is -2.26. The van der Waals surface area contributed by atoms with E-state index in [4.69, 9.17) is 17.9 Å². The maximum absolute atomic E-state index is 13.9. The quantitative estimate of drug-likeness (QED) is 0.621. The van der Waals surface area contributed by atoms with E-state index in [-0.39, 0.29) is 28.6 Å². The number of nitrogens with zero attached hydrogens (tertiary/aromatic N) is 3. The third kappa shape index (κ3) is 4.03. The summed E-state index contributed by atoms with van der Waals surface area (Å²) >= 11 is 3.19. The van der Waals surface area contributed by atoms with Gasteiger partial charge in [0.2, 0.25) is 21.4 Å². The molecule has 11 heteroatoms. The molecule has 1 fully saturated rings. The highest BCUT2D eigenvalue weighted by Crippen LogP contribution is 2.35. The summed E-state index contributed by atoms with van der Waals surface area (Å²) in [5, 5.41) is 20.4. The van der Waals surface area contributed by atoms with Gasteiger partial charge in [0.05, 0.1) is 31.2 Å². The number of benzene rings is 2. The number of ether oxygens (including phenoxy) is 1. The van der Waals surface area contributed by atoms with Crippen LogP contribution in [0.3, 0.4) is 0 Å². The monoisotopic (exact) mass is 495 g/mol. The Labute approximate surface area is 180 Å². The summed E-state index contributed by atoms with van der Waals surface area (Å²) in [6.45, 7) is 12.5. The highest BCUT2D eigenvalue weighted by Gasteiger charge is 2.51. The number of hydrogen-bond acceptors (Lipinski definition) is 5. The first-order valence-electron chi connectivity index (χ1n) is 8.48. The maximum atomic E-state index is 13.9. The Kier molecular flexibility index (Phi) is 6.13. The summed E-state index contributed by atoms with van der Waals surface area (Å²) in [6.07, 6.45) is -1.21. The molecule has 2 atom stereocenters. The van der Waals surface area contributed by atoms with Crippen molar-refractivity contribution in [1.29, 1.82) is 0 Å². The summed E-state index contributed by atoms with van der Waals surface area (Å²) in [4.78, 5) is 6.01. The van der Waals surface area contributed by atoms with Gasteiger partial charge in [-0.2, -0.15) is 4.31 Å². The fourth-order valence-electron chi connectivity index (χ4n) is 3.06. The molecule has 0 aliphatic carbocycles. The predicted molar refractivity (Wildman–Crippen MR) is 108 cm³/mol. The second-order valence-electron chi connectivity index (χ2n) is 6.61. The Morgan fingerprint density at radius 2 is 1.93 bits per heavy atom. The van der Waals surface area contributed by atoms with Crippen LogP contribution in [0, 0.1) is 19.0 Å². The number of sulfonamides is 1. The fourth-order valence-corrected chi connectivity index (χ4v) is 5.02. The third-order valence-electron chi connectivity index (χ3n) is 4.67. The first kappa shape index (κ1) is 22.2. The molecule has 2 aromatic carbocycles. The van der Waals surface area contributed by atoms with Crippen LogP contribution in [0.4, 0.5) is 15.8 Å². The van der Waals surface area contributed by atoms with Crippen LogP contribution in [0.5, 0.6) is 5.75 Å². The molecule has 0 amide bonds. The highest BCUT2D eigenvalue weighted by molar-refractivity contribution is 9.10. The molecule has 1 aliphatic heterocycles. The van der Waals surface area contributed by atoms with Crippen molar-refractivity contribution in [2.24, 2.45) is 0 Å². The Hall–Kier alpha value is -2.54. The van der Waals surface area contributed by atoms with Gasteiger partial charge < -0.3 is 14.9 Å². The van der Waals surface area contributed by atoms with Crippen molar-refractivity contribution in [1.82, 2.24) is 4.31 Å². The molecule has 8 nitrogen and oxygen atoms in total. The number of aliphatic hydroxyl groups is 2. The first-order valence-corrected chi connectivity index (χ1v) is 10.7.